The molecule has 3 aliphatic rings. The van der Waals surface area contributed by atoms with Gasteiger partial charge in [-0.25, -0.2) is 0 Å². The van der Waals surface area contributed by atoms with Crippen LogP contribution in [0.2, 0.25) is 0 Å². The molecule has 3 rings (SSSR count). The van der Waals surface area contributed by atoms with E-state index in [9.17, 15) is 4.79 Å². The summed E-state index contributed by atoms with van der Waals surface area (Å²) in [5.74, 6) is 3.59. The monoisotopic (exact) mass is 292 g/mol. The molecule has 0 aromatic rings. The first-order valence-electron chi connectivity index (χ1n) is 9.13. The van der Waals surface area contributed by atoms with Crippen LogP contribution in [0, 0.1) is 23.7 Å². The molecule has 0 radical (unpaired) electrons. The van der Waals surface area contributed by atoms with Gasteiger partial charge < -0.3 is 10.2 Å². The van der Waals surface area contributed by atoms with Crippen LogP contribution >= 0.6 is 0 Å². The fourth-order valence-corrected chi connectivity index (χ4v) is 4.93. The highest BCUT2D eigenvalue weighted by molar-refractivity contribution is 5.76. The third-order valence-electron chi connectivity index (χ3n) is 6.12. The Labute approximate surface area is 129 Å². The fraction of sp³-hybridized carbons (Fsp3) is 0.944. The molecule has 1 saturated heterocycles. The average molecular weight is 292 g/mol. The molecular formula is C18H32N2O. The van der Waals surface area contributed by atoms with Gasteiger partial charge in [-0.15, -0.1) is 0 Å². The quantitative estimate of drug-likeness (QED) is 0.844. The molecule has 4 unspecified atom stereocenters. The Hall–Kier alpha value is -0.570. The van der Waals surface area contributed by atoms with E-state index < -0.39 is 0 Å². The van der Waals surface area contributed by atoms with Crippen molar-refractivity contribution < 1.29 is 4.79 Å². The van der Waals surface area contributed by atoms with Gasteiger partial charge in [0, 0.05) is 19.0 Å². The van der Waals surface area contributed by atoms with Crippen molar-refractivity contribution in [1.82, 2.24) is 10.2 Å². The van der Waals surface area contributed by atoms with E-state index in [1.54, 1.807) is 0 Å². The number of piperidine rings is 1. The van der Waals surface area contributed by atoms with Crippen molar-refractivity contribution in [2.45, 2.75) is 64.8 Å². The maximum absolute atomic E-state index is 12.8. The Bertz CT molecular complexity index is 362. The van der Waals surface area contributed by atoms with Crippen LogP contribution in [-0.4, -0.2) is 36.5 Å². The molecule has 3 fully saturated rings. The predicted octanol–water partition coefficient (Wildman–Crippen LogP) is 3.05. The topological polar surface area (TPSA) is 32.3 Å². The Kier molecular flexibility index (Phi) is 4.88. The highest BCUT2D eigenvalue weighted by Gasteiger charge is 2.40. The van der Waals surface area contributed by atoms with Gasteiger partial charge in [-0.2, -0.15) is 0 Å². The number of amides is 1. The largest absolute Gasteiger partial charge is 0.340 e. The summed E-state index contributed by atoms with van der Waals surface area (Å²) in [5, 5.41) is 3.48. The number of carbonyl (C=O) groups is 1. The molecule has 1 heterocycles. The SMILES string of the molecule is CC(C)N(CC1CCCNC1)C(=O)CC1CC2CCC1C2. The lowest BCUT2D eigenvalue weighted by atomic mass is 9.86. The minimum absolute atomic E-state index is 0.345. The second kappa shape index (κ2) is 6.68. The van der Waals surface area contributed by atoms with Gasteiger partial charge in [0.25, 0.3) is 0 Å². The van der Waals surface area contributed by atoms with Crippen LogP contribution in [0.25, 0.3) is 0 Å². The predicted molar refractivity (Wildman–Crippen MR) is 86.0 cm³/mol. The summed E-state index contributed by atoms with van der Waals surface area (Å²) < 4.78 is 0. The lowest BCUT2D eigenvalue weighted by Gasteiger charge is -2.34. The van der Waals surface area contributed by atoms with Crippen LogP contribution in [0.3, 0.4) is 0 Å². The molecule has 120 valence electrons. The zero-order valence-corrected chi connectivity index (χ0v) is 13.8. The number of fused-ring (bicyclic) bond motifs is 2. The van der Waals surface area contributed by atoms with Crippen molar-refractivity contribution in [2.24, 2.45) is 23.7 Å². The van der Waals surface area contributed by atoms with E-state index in [0.29, 0.717) is 23.8 Å². The smallest absolute Gasteiger partial charge is 0.223 e. The summed E-state index contributed by atoms with van der Waals surface area (Å²) in [4.78, 5) is 15.0. The van der Waals surface area contributed by atoms with Gasteiger partial charge in [0.05, 0.1) is 0 Å². The second-order valence-electron chi connectivity index (χ2n) is 7.99. The van der Waals surface area contributed by atoms with Gasteiger partial charge in [-0.05, 0) is 82.7 Å². The third-order valence-corrected chi connectivity index (χ3v) is 6.12. The summed E-state index contributed by atoms with van der Waals surface area (Å²) in [7, 11) is 0. The molecule has 0 aromatic carbocycles. The molecule has 1 amide bonds. The lowest BCUT2D eigenvalue weighted by molar-refractivity contribution is -0.135. The average Bonchev–Trinajstić information content (AvgIpc) is 3.08. The number of nitrogens with zero attached hydrogens (tertiary/aromatic N) is 1. The van der Waals surface area contributed by atoms with Crippen molar-refractivity contribution in [1.29, 1.82) is 0 Å². The summed E-state index contributed by atoms with van der Waals surface area (Å²) >= 11 is 0. The van der Waals surface area contributed by atoms with Crippen molar-refractivity contribution >= 4 is 5.91 Å². The minimum Gasteiger partial charge on any atom is -0.340 e. The van der Waals surface area contributed by atoms with Crippen molar-refractivity contribution in [2.75, 3.05) is 19.6 Å². The number of hydrogen-bond donors (Lipinski definition) is 1. The maximum atomic E-state index is 12.8. The Morgan fingerprint density at radius 1 is 1.24 bits per heavy atom. The summed E-state index contributed by atoms with van der Waals surface area (Å²) in [6.45, 7) is 7.55. The third kappa shape index (κ3) is 3.61. The fourth-order valence-electron chi connectivity index (χ4n) is 4.93. The van der Waals surface area contributed by atoms with Gasteiger partial charge >= 0.3 is 0 Å². The molecule has 4 atom stereocenters. The van der Waals surface area contributed by atoms with E-state index in [-0.39, 0.29) is 0 Å². The Morgan fingerprint density at radius 3 is 2.67 bits per heavy atom. The van der Waals surface area contributed by atoms with Gasteiger partial charge in [-0.3, -0.25) is 4.79 Å². The number of nitrogens with one attached hydrogen (secondary N) is 1. The second-order valence-corrected chi connectivity index (χ2v) is 7.99. The maximum Gasteiger partial charge on any atom is 0.223 e. The zero-order valence-electron chi connectivity index (χ0n) is 13.8. The highest BCUT2D eigenvalue weighted by atomic mass is 16.2. The van der Waals surface area contributed by atoms with E-state index in [1.165, 1.54) is 38.5 Å². The minimum atomic E-state index is 0.345. The van der Waals surface area contributed by atoms with Crippen molar-refractivity contribution in [3.05, 3.63) is 0 Å². The van der Waals surface area contributed by atoms with Gasteiger partial charge in [0.1, 0.15) is 0 Å². The molecule has 2 aliphatic carbocycles. The molecule has 0 spiro atoms. The van der Waals surface area contributed by atoms with Crippen LogP contribution < -0.4 is 5.32 Å². The molecule has 1 N–H and O–H groups in total. The van der Waals surface area contributed by atoms with Crippen LogP contribution in [0.1, 0.15) is 58.8 Å². The van der Waals surface area contributed by atoms with Gasteiger partial charge in [0.15, 0.2) is 0 Å². The standard InChI is InChI=1S/C18H32N2O/c1-13(2)20(12-15-4-3-7-19-11-15)18(21)10-17-9-14-5-6-16(17)8-14/h13-17,19H,3-12H2,1-2H3. The lowest BCUT2D eigenvalue weighted by Crippen LogP contribution is -2.44. The van der Waals surface area contributed by atoms with Crippen LogP contribution in [0.15, 0.2) is 0 Å². The van der Waals surface area contributed by atoms with Gasteiger partial charge in [0.2, 0.25) is 5.91 Å². The first-order valence-corrected chi connectivity index (χ1v) is 9.13. The van der Waals surface area contributed by atoms with Crippen LogP contribution in [0.4, 0.5) is 0 Å². The van der Waals surface area contributed by atoms with E-state index in [0.717, 1.165) is 37.9 Å². The summed E-state index contributed by atoms with van der Waals surface area (Å²) in [6.07, 6.45) is 8.90. The molecule has 21 heavy (non-hydrogen) atoms. The molecule has 0 aromatic heterocycles. The number of rotatable bonds is 5. The number of carbonyl (C=O) groups excluding carboxylic acids is 1. The molecule has 2 saturated carbocycles. The van der Waals surface area contributed by atoms with Gasteiger partial charge in [-0.1, -0.05) is 6.42 Å². The molecule has 3 nitrogen and oxygen atoms in total. The summed E-state index contributed by atoms with van der Waals surface area (Å²) in [5.41, 5.74) is 0. The normalized spacial score (nSPS) is 35.4. The van der Waals surface area contributed by atoms with Crippen molar-refractivity contribution in [3.8, 4) is 0 Å². The van der Waals surface area contributed by atoms with E-state index >= 15 is 0 Å². The highest BCUT2D eigenvalue weighted by Crippen LogP contribution is 2.49. The Balaban J connectivity index is 1.54. The van der Waals surface area contributed by atoms with Crippen LogP contribution in [-0.2, 0) is 4.79 Å². The van der Waals surface area contributed by atoms with E-state index in [2.05, 4.69) is 24.1 Å². The molecule has 3 heteroatoms. The first kappa shape index (κ1) is 15.3. The van der Waals surface area contributed by atoms with Crippen LogP contribution in [0.5, 0.6) is 0 Å². The zero-order chi connectivity index (χ0) is 14.8. The molecule has 2 bridgehead atoms. The first-order chi connectivity index (χ1) is 10.1. The molecule has 1 aliphatic heterocycles. The Morgan fingerprint density at radius 2 is 2.10 bits per heavy atom. The molecular weight excluding hydrogens is 260 g/mol. The number of hydrogen-bond acceptors (Lipinski definition) is 2. The van der Waals surface area contributed by atoms with E-state index in [4.69, 9.17) is 0 Å². The van der Waals surface area contributed by atoms with Crippen molar-refractivity contribution in [3.63, 3.8) is 0 Å². The van der Waals surface area contributed by atoms with E-state index in [1.807, 2.05) is 0 Å². The summed E-state index contributed by atoms with van der Waals surface area (Å²) in [6, 6.07) is 0.345.